The Kier molecular flexibility index (Phi) is 4.94. The predicted octanol–water partition coefficient (Wildman–Crippen LogP) is 3.25. The van der Waals surface area contributed by atoms with Gasteiger partial charge < -0.3 is 14.9 Å². The standard InChI is InChI=1S/C23H36O5/c1-14(25)28-16-6-9-21(2)15(12-16)4-5-18-17(21)7-10-22(3)19(20(26)13-24)8-11-23(18,22)27/h15-19,24,27H,4-13H2,1-3H3/t15?,16-,17-,18+,19+,21-,22+,23-/m0/s1. The van der Waals surface area contributed by atoms with Gasteiger partial charge in [-0.05, 0) is 81.0 Å². The monoisotopic (exact) mass is 392 g/mol. The minimum Gasteiger partial charge on any atom is -0.463 e. The third-order valence-electron chi connectivity index (χ3n) is 9.68. The van der Waals surface area contributed by atoms with Crippen molar-refractivity contribution in [1.29, 1.82) is 0 Å². The van der Waals surface area contributed by atoms with Gasteiger partial charge in [-0.3, -0.25) is 9.59 Å². The van der Waals surface area contributed by atoms with E-state index in [1.165, 1.54) is 6.92 Å². The van der Waals surface area contributed by atoms with Crippen LogP contribution in [0.4, 0.5) is 0 Å². The van der Waals surface area contributed by atoms with Crippen molar-refractivity contribution >= 4 is 11.8 Å². The molecule has 5 heteroatoms. The number of carbonyl (C=O) groups excluding carboxylic acids is 2. The normalized spacial score (nSPS) is 50.2. The lowest BCUT2D eigenvalue weighted by atomic mass is 9.43. The van der Waals surface area contributed by atoms with Crippen LogP contribution in [0.25, 0.3) is 0 Å². The largest absolute Gasteiger partial charge is 0.463 e. The molecular formula is C23H36O5. The lowest BCUT2D eigenvalue weighted by molar-refractivity contribution is -0.212. The van der Waals surface area contributed by atoms with E-state index >= 15 is 0 Å². The van der Waals surface area contributed by atoms with Crippen molar-refractivity contribution in [3.63, 3.8) is 0 Å². The molecule has 5 nitrogen and oxygen atoms in total. The molecule has 8 atom stereocenters. The highest BCUT2D eigenvalue weighted by molar-refractivity contribution is 5.83. The van der Waals surface area contributed by atoms with Gasteiger partial charge in [0, 0.05) is 18.3 Å². The molecule has 0 aromatic heterocycles. The zero-order valence-electron chi connectivity index (χ0n) is 17.6. The van der Waals surface area contributed by atoms with Gasteiger partial charge in [-0.2, -0.15) is 0 Å². The van der Waals surface area contributed by atoms with Crippen molar-refractivity contribution in [3.8, 4) is 0 Å². The van der Waals surface area contributed by atoms with Crippen LogP contribution in [0.3, 0.4) is 0 Å². The number of hydrogen-bond acceptors (Lipinski definition) is 5. The molecule has 0 aliphatic heterocycles. The van der Waals surface area contributed by atoms with Crippen LogP contribution in [0.2, 0.25) is 0 Å². The number of fused-ring (bicyclic) bond motifs is 5. The number of esters is 1. The molecule has 0 amide bonds. The van der Waals surface area contributed by atoms with Gasteiger partial charge in [0.2, 0.25) is 0 Å². The van der Waals surface area contributed by atoms with Crippen molar-refractivity contribution < 1.29 is 24.5 Å². The topological polar surface area (TPSA) is 83.8 Å². The van der Waals surface area contributed by atoms with Crippen molar-refractivity contribution in [2.24, 2.45) is 34.5 Å². The van der Waals surface area contributed by atoms with Crippen molar-refractivity contribution in [1.82, 2.24) is 0 Å². The molecule has 4 saturated carbocycles. The summed E-state index contributed by atoms with van der Waals surface area (Å²) >= 11 is 0. The van der Waals surface area contributed by atoms with Gasteiger partial charge in [0.1, 0.15) is 12.7 Å². The molecule has 0 aromatic rings. The molecule has 4 fully saturated rings. The summed E-state index contributed by atoms with van der Waals surface area (Å²) in [5, 5.41) is 21.4. The Morgan fingerprint density at radius 3 is 2.43 bits per heavy atom. The van der Waals surface area contributed by atoms with Gasteiger partial charge in [-0.15, -0.1) is 0 Å². The van der Waals surface area contributed by atoms with Crippen LogP contribution < -0.4 is 0 Å². The van der Waals surface area contributed by atoms with Crippen LogP contribution in [0.15, 0.2) is 0 Å². The zero-order chi connectivity index (χ0) is 20.3. The molecule has 0 saturated heterocycles. The van der Waals surface area contributed by atoms with E-state index in [-0.39, 0.29) is 35.1 Å². The molecule has 158 valence electrons. The van der Waals surface area contributed by atoms with E-state index < -0.39 is 17.6 Å². The number of aliphatic hydroxyl groups is 2. The SMILES string of the molecule is CC(=O)O[C@H]1CC[C@@]2(C)C(CC[C@@H]3[C@@H]2CC[C@]2(C)[C@@H](C(=O)CO)CC[C@]32O)C1. The van der Waals surface area contributed by atoms with Crippen LogP contribution in [-0.4, -0.2) is 40.3 Å². The van der Waals surface area contributed by atoms with E-state index in [2.05, 4.69) is 13.8 Å². The summed E-state index contributed by atoms with van der Waals surface area (Å²) in [6.07, 6.45) is 8.28. The molecule has 0 bridgehead atoms. The first-order valence-corrected chi connectivity index (χ1v) is 11.2. The van der Waals surface area contributed by atoms with Gasteiger partial charge in [-0.1, -0.05) is 13.8 Å². The van der Waals surface area contributed by atoms with Crippen LogP contribution >= 0.6 is 0 Å². The minimum absolute atomic E-state index is 0.0436. The molecule has 0 radical (unpaired) electrons. The fraction of sp³-hybridized carbons (Fsp3) is 0.913. The average Bonchev–Trinajstić information content (AvgIpc) is 2.92. The molecule has 4 rings (SSSR count). The van der Waals surface area contributed by atoms with Crippen molar-refractivity contribution in [3.05, 3.63) is 0 Å². The summed E-state index contributed by atoms with van der Waals surface area (Å²) in [7, 11) is 0. The molecule has 0 heterocycles. The van der Waals surface area contributed by atoms with E-state index in [1.807, 2.05) is 0 Å². The maximum atomic E-state index is 12.4. The van der Waals surface area contributed by atoms with Crippen LogP contribution in [-0.2, 0) is 14.3 Å². The van der Waals surface area contributed by atoms with Crippen LogP contribution in [0.1, 0.15) is 78.6 Å². The summed E-state index contributed by atoms with van der Waals surface area (Å²) < 4.78 is 5.53. The Bertz CT molecular complexity index is 661. The van der Waals surface area contributed by atoms with Gasteiger partial charge in [0.25, 0.3) is 0 Å². The molecular weight excluding hydrogens is 356 g/mol. The molecule has 28 heavy (non-hydrogen) atoms. The molecule has 2 N–H and O–H groups in total. The van der Waals surface area contributed by atoms with E-state index in [4.69, 9.17) is 4.74 Å². The second-order valence-corrected chi connectivity index (χ2v) is 10.6. The lowest BCUT2D eigenvalue weighted by Crippen LogP contribution is -2.62. The Hall–Kier alpha value is -0.940. The average molecular weight is 393 g/mol. The Balaban J connectivity index is 1.58. The Morgan fingerprint density at radius 2 is 1.75 bits per heavy atom. The molecule has 4 aliphatic carbocycles. The van der Waals surface area contributed by atoms with Gasteiger partial charge in [0.15, 0.2) is 5.78 Å². The van der Waals surface area contributed by atoms with Gasteiger partial charge in [-0.25, -0.2) is 0 Å². The highest BCUT2D eigenvalue weighted by Gasteiger charge is 2.68. The van der Waals surface area contributed by atoms with Crippen LogP contribution in [0.5, 0.6) is 0 Å². The quantitative estimate of drug-likeness (QED) is 0.720. The van der Waals surface area contributed by atoms with Gasteiger partial charge in [0.05, 0.1) is 5.60 Å². The maximum Gasteiger partial charge on any atom is 0.302 e. The third kappa shape index (κ3) is 2.72. The first kappa shape index (κ1) is 20.3. The molecule has 0 spiro atoms. The fourth-order valence-corrected chi connectivity index (χ4v) is 8.15. The highest BCUT2D eigenvalue weighted by Crippen LogP contribution is 2.69. The van der Waals surface area contributed by atoms with Gasteiger partial charge >= 0.3 is 5.97 Å². The second-order valence-electron chi connectivity index (χ2n) is 10.6. The van der Waals surface area contributed by atoms with E-state index in [1.54, 1.807) is 0 Å². The number of aliphatic hydroxyl groups excluding tert-OH is 1. The maximum absolute atomic E-state index is 12.4. The van der Waals surface area contributed by atoms with Crippen LogP contribution in [0, 0.1) is 34.5 Å². The molecule has 1 unspecified atom stereocenters. The summed E-state index contributed by atoms with van der Waals surface area (Å²) in [4.78, 5) is 23.8. The summed E-state index contributed by atoms with van der Waals surface area (Å²) in [6.45, 7) is 5.57. The van der Waals surface area contributed by atoms with Crippen molar-refractivity contribution in [2.75, 3.05) is 6.61 Å². The number of hydrogen-bond donors (Lipinski definition) is 2. The molecule has 4 aliphatic rings. The Labute approximate surface area is 168 Å². The molecule has 0 aromatic carbocycles. The third-order valence-corrected chi connectivity index (χ3v) is 9.68. The highest BCUT2D eigenvalue weighted by atomic mass is 16.5. The first-order chi connectivity index (χ1) is 13.2. The predicted molar refractivity (Wildman–Crippen MR) is 104 cm³/mol. The lowest BCUT2D eigenvalue weighted by Gasteiger charge is -2.63. The fourth-order valence-electron chi connectivity index (χ4n) is 8.15. The van der Waals surface area contributed by atoms with E-state index in [0.717, 1.165) is 44.9 Å². The summed E-state index contributed by atoms with van der Waals surface area (Å²) in [5.41, 5.74) is -1.03. The number of carbonyl (C=O) groups is 2. The summed E-state index contributed by atoms with van der Waals surface area (Å²) in [5.74, 6) is 0.735. The second kappa shape index (κ2) is 6.80. The number of ketones is 1. The number of rotatable bonds is 3. The summed E-state index contributed by atoms with van der Waals surface area (Å²) in [6, 6.07) is 0. The number of Topliss-reactive ketones (excluding diaryl/α,β-unsaturated/α-hetero) is 1. The van der Waals surface area contributed by atoms with Crippen molar-refractivity contribution in [2.45, 2.75) is 90.3 Å². The van der Waals surface area contributed by atoms with E-state index in [0.29, 0.717) is 24.7 Å². The number of ether oxygens (including phenoxy) is 1. The minimum atomic E-state index is -0.799. The zero-order valence-corrected chi connectivity index (χ0v) is 17.6. The smallest absolute Gasteiger partial charge is 0.302 e. The first-order valence-electron chi connectivity index (χ1n) is 11.2. The van der Waals surface area contributed by atoms with E-state index in [9.17, 15) is 19.8 Å². The Morgan fingerprint density at radius 1 is 1.00 bits per heavy atom.